The number of aryl methyl sites for hydroxylation is 2. The van der Waals surface area contributed by atoms with Crippen molar-refractivity contribution in [2.24, 2.45) is 13.0 Å². The molecule has 0 spiro atoms. The second kappa shape index (κ2) is 7.54. The first-order valence-corrected chi connectivity index (χ1v) is 9.60. The Balaban J connectivity index is 1.59. The summed E-state index contributed by atoms with van der Waals surface area (Å²) < 4.78 is 1.99. The monoisotopic (exact) mass is 334 g/mol. The van der Waals surface area contributed by atoms with Crippen molar-refractivity contribution < 1.29 is 5.11 Å². The summed E-state index contributed by atoms with van der Waals surface area (Å²) in [7, 11) is 2.03. The fourth-order valence-electron chi connectivity index (χ4n) is 4.51. The molecule has 0 aromatic carbocycles. The lowest BCUT2D eigenvalue weighted by molar-refractivity contribution is 0.0575. The first-order chi connectivity index (χ1) is 11.5. The third-order valence-electron chi connectivity index (χ3n) is 6.05. The summed E-state index contributed by atoms with van der Waals surface area (Å²) in [6, 6.07) is 0.426. The fourth-order valence-corrected chi connectivity index (χ4v) is 4.51. The van der Waals surface area contributed by atoms with E-state index < -0.39 is 0 Å². The summed E-state index contributed by atoms with van der Waals surface area (Å²) >= 11 is 0. The van der Waals surface area contributed by atoms with Crippen LogP contribution in [0.25, 0.3) is 0 Å². The minimum Gasteiger partial charge on any atom is -0.390 e. The predicted octanol–water partition coefficient (Wildman–Crippen LogP) is 2.27. The van der Waals surface area contributed by atoms with Crippen LogP contribution in [0.15, 0.2) is 0 Å². The van der Waals surface area contributed by atoms with Crippen LogP contribution in [-0.4, -0.2) is 63.5 Å². The van der Waals surface area contributed by atoms with Gasteiger partial charge in [0, 0.05) is 37.4 Å². The zero-order valence-electron chi connectivity index (χ0n) is 15.8. The minimum atomic E-state index is -0.253. The summed E-state index contributed by atoms with van der Waals surface area (Å²) in [4.78, 5) is 4.92. The average molecular weight is 335 g/mol. The molecule has 3 heterocycles. The number of rotatable bonds is 5. The van der Waals surface area contributed by atoms with Crippen LogP contribution in [0.2, 0.25) is 0 Å². The molecule has 2 fully saturated rings. The number of hydrogen-bond acceptors (Lipinski definition) is 4. The van der Waals surface area contributed by atoms with Crippen LogP contribution >= 0.6 is 0 Å². The van der Waals surface area contributed by atoms with Gasteiger partial charge in [-0.3, -0.25) is 9.58 Å². The normalized spacial score (nSPS) is 25.5. The molecule has 1 N–H and O–H groups in total. The molecular weight excluding hydrogens is 300 g/mol. The number of aliphatic hydroxyl groups is 1. The highest BCUT2D eigenvalue weighted by Crippen LogP contribution is 2.35. The molecule has 0 bridgehead atoms. The van der Waals surface area contributed by atoms with E-state index in [0.717, 1.165) is 44.3 Å². The molecule has 136 valence electrons. The van der Waals surface area contributed by atoms with Gasteiger partial charge in [-0.15, -0.1) is 0 Å². The Morgan fingerprint density at radius 2 is 1.83 bits per heavy atom. The van der Waals surface area contributed by atoms with Gasteiger partial charge >= 0.3 is 0 Å². The van der Waals surface area contributed by atoms with Crippen molar-refractivity contribution in [3.63, 3.8) is 0 Å². The second-order valence-corrected chi connectivity index (χ2v) is 8.00. The third-order valence-corrected chi connectivity index (χ3v) is 6.05. The van der Waals surface area contributed by atoms with Crippen LogP contribution in [0.1, 0.15) is 55.6 Å². The van der Waals surface area contributed by atoms with Gasteiger partial charge < -0.3 is 10.0 Å². The molecule has 1 aromatic rings. The van der Waals surface area contributed by atoms with Gasteiger partial charge in [-0.2, -0.15) is 5.10 Å². The lowest BCUT2D eigenvalue weighted by Crippen LogP contribution is -2.43. The van der Waals surface area contributed by atoms with Crippen LogP contribution in [0.4, 0.5) is 0 Å². The number of hydrogen-bond donors (Lipinski definition) is 1. The largest absolute Gasteiger partial charge is 0.390 e. The first kappa shape index (κ1) is 17.9. The predicted molar refractivity (Wildman–Crippen MR) is 97.1 cm³/mol. The molecular formula is C19H34N4O. The Bertz CT molecular complexity index is 548. The van der Waals surface area contributed by atoms with Crippen molar-refractivity contribution in [3.05, 3.63) is 17.0 Å². The first-order valence-electron chi connectivity index (χ1n) is 9.60. The highest BCUT2D eigenvalue weighted by molar-refractivity contribution is 5.29. The van der Waals surface area contributed by atoms with Crippen LogP contribution in [-0.2, 0) is 7.05 Å². The lowest BCUT2D eigenvalue weighted by atomic mass is 9.99. The van der Waals surface area contributed by atoms with E-state index in [-0.39, 0.29) is 6.10 Å². The number of piperidine rings is 1. The quantitative estimate of drug-likeness (QED) is 0.897. The zero-order valence-corrected chi connectivity index (χ0v) is 15.8. The van der Waals surface area contributed by atoms with Crippen molar-refractivity contribution in [3.8, 4) is 0 Å². The van der Waals surface area contributed by atoms with Gasteiger partial charge in [0.05, 0.1) is 11.8 Å². The molecule has 5 heteroatoms. The van der Waals surface area contributed by atoms with Gasteiger partial charge in [-0.1, -0.05) is 6.92 Å². The Hall–Kier alpha value is -0.910. The molecule has 0 aliphatic carbocycles. The number of likely N-dealkylation sites (tertiary alicyclic amines) is 2. The number of aromatic nitrogens is 2. The fraction of sp³-hybridized carbons (Fsp3) is 0.842. The lowest BCUT2D eigenvalue weighted by Gasteiger charge is -2.33. The molecule has 1 aromatic heterocycles. The standard InChI is InChI=1S/C19H34N4O/c1-14-7-10-22(11-8-14)12-17(24)13-23-9-5-6-18(23)19-15(2)20-21(4)16(19)3/h14,17-18,24H,5-13H2,1-4H3/t17-,18-/m0/s1. The van der Waals surface area contributed by atoms with Crippen molar-refractivity contribution in [2.75, 3.05) is 32.7 Å². The maximum atomic E-state index is 10.6. The number of aliphatic hydroxyl groups excluding tert-OH is 1. The summed E-state index contributed by atoms with van der Waals surface area (Å²) in [5, 5.41) is 15.2. The van der Waals surface area contributed by atoms with Crippen LogP contribution in [0.5, 0.6) is 0 Å². The Morgan fingerprint density at radius 3 is 2.46 bits per heavy atom. The molecule has 2 aliphatic rings. The average Bonchev–Trinajstić information content (AvgIpc) is 3.06. The summed E-state index contributed by atoms with van der Waals surface area (Å²) in [5.74, 6) is 0.845. The molecule has 0 unspecified atom stereocenters. The van der Waals surface area contributed by atoms with Crippen LogP contribution in [0.3, 0.4) is 0 Å². The van der Waals surface area contributed by atoms with E-state index in [4.69, 9.17) is 0 Å². The molecule has 2 aliphatic heterocycles. The molecule has 0 amide bonds. The number of β-amino-alcohol motifs (C(OH)–C–C–N with tert-alkyl or cyclic N) is 1. The van der Waals surface area contributed by atoms with Crippen LogP contribution in [0, 0.1) is 19.8 Å². The molecule has 0 saturated carbocycles. The summed E-state index contributed by atoms with van der Waals surface area (Å²) in [6.07, 6.45) is 4.69. The van der Waals surface area contributed by atoms with E-state index in [0.29, 0.717) is 6.04 Å². The third kappa shape index (κ3) is 3.84. The van der Waals surface area contributed by atoms with E-state index in [1.165, 1.54) is 36.9 Å². The summed E-state index contributed by atoms with van der Waals surface area (Å²) in [5.41, 5.74) is 3.80. The minimum absolute atomic E-state index is 0.253. The van der Waals surface area contributed by atoms with Crippen LogP contribution < -0.4 is 0 Å². The van der Waals surface area contributed by atoms with Crippen molar-refractivity contribution in [1.82, 2.24) is 19.6 Å². The maximum Gasteiger partial charge on any atom is 0.0794 e. The van der Waals surface area contributed by atoms with E-state index in [2.05, 4.69) is 35.7 Å². The van der Waals surface area contributed by atoms with Gasteiger partial charge in [0.2, 0.25) is 0 Å². The highest BCUT2D eigenvalue weighted by atomic mass is 16.3. The molecule has 0 radical (unpaired) electrons. The van der Waals surface area contributed by atoms with E-state index >= 15 is 0 Å². The molecule has 5 nitrogen and oxygen atoms in total. The number of nitrogens with zero attached hydrogens (tertiary/aromatic N) is 4. The molecule has 3 rings (SSSR count). The smallest absolute Gasteiger partial charge is 0.0794 e. The van der Waals surface area contributed by atoms with Gasteiger partial charge in [0.15, 0.2) is 0 Å². The van der Waals surface area contributed by atoms with Gasteiger partial charge in [0.1, 0.15) is 0 Å². The van der Waals surface area contributed by atoms with Gasteiger partial charge in [-0.05, 0) is 65.1 Å². The van der Waals surface area contributed by atoms with Crippen molar-refractivity contribution >= 4 is 0 Å². The van der Waals surface area contributed by atoms with E-state index in [1.54, 1.807) is 0 Å². The van der Waals surface area contributed by atoms with E-state index in [9.17, 15) is 5.11 Å². The maximum absolute atomic E-state index is 10.6. The Labute approximate surface area is 146 Å². The Morgan fingerprint density at radius 1 is 1.12 bits per heavy atom. The summed E-state index contributed by atoms with van der Waals surface area (Å²) in [6.45, 7) is 11.6. The SMILES string of the molecule is Cc1nn(C)c(C)c1[C@@H]1CCCN1C[C@@H](O)CN1CCC(C)CC1. The molecule has 24 heavy (non-hydrogen) atoms. The second-order valence-electron chi connectivity index (χ2n) is 8.00. The molecule has 2 atom stereocenters. The van der Waals surface area contributed by atoms with Crippen molar-refractivity contribution in [2.45, 2.75) is 58.6 Å². The zero-order chi connectivity index (χ0) is 17.3. The van der Waals surface area contributed by atoms with Gasteiger partial charge in [0.25, 0.3) is 0 Å². The molecule has 2 saturated heterocycles. The van der Waals surface area contributed by atoms with Gasteiger partial charge in [-0.25, -0.2) is 0 Å². The topological polar surface area (TPSA) is 44.5 Å². The van der Waals surface area contributed by atoms with Crippen molar-refractivity contribution in [1.29, 1.82) is 0 Å². The highest BCUT2D eigenvalue weighted by Gasteiger charge is 2.31. The Kier molecular flexibility index (Phi) is 5.63. The van der Waals surface area contributed by atoms with E-state index in [1.807, 2.05) is 11.7 Å².